The molecular weight excluding hydrogens is 317 g/mol. The van der Waals surface area contributed by atoms with Gasteiger partial charge in [0, 0.05) is 0 Å². The molecule has 0 aromatic heterocycles. The van der Waals surface area contributed by atoms with Crippen molar-refractivity contribution in [3.05, 3.63) is 71.8 Å². The van der Waals surface area contributed by atoms with Gasteiger partial charge >= 0.3 is 0 Å². The van der Waals surface area contributed by atoms with E-state index in [1.807, 2.05) is 36.4 Å². The molecule has 128 valence electrons. The average molecular weight is 343 g/mol. The highest BCUT2D eigenvalue weighted by Crippen LogP contribution is 2.42. The molecule has 0 saturated heterocycles. The fraction of sp³-hybridized carbons (Fsp3) is 0.400. The van der Waals surface area contributed by atoms with Crippen molar-refractivity contribution in [2.75, 3.05) is 0 Å². The maximum absolute atomic E-state index is 10.1. The van der Waals surface area contributed by atoms with Crippen LogP contribution in [0.4, 0.5) is 0 Å². The van der Waals surface area contributed by atoms with Crippen LogP contribution in [0.2, 0.25) is 0 Å². The van der Waals surface area contributed by atoms with Crippen molar-refractivity contribution in [2.24, 2.45) is 5.92 Å². The lowest BCUT2D eigenvalue weighted by atomic mass is 9.88. The van der Waals surface area contributed by atoms with E-state index in [-0.39, 0.29) is 11.8 Å². The topological polar surface area (TPSA) is 52.5 Å². The van der Waals surface area contributed by atoms with E-state index in [2.05, 4.69) is 29.6 Å². The van der Waals surface area contributed by atoms with E-state index in [0.29, 0.717) is 5.92 Å². The summed E-state index contributed by atoms with van der Waals surface area (Å²) < 4.78 is 0. The number of hydrogen-bond acceptors (Lipinski definition) is 3. The zero-order valence-electron chi connectivity index (χ0n) is 13.9. The van der Waals surface area contributed by atoms with Crippen molar-refractivity contribution < 1.29 is 9.79 Å². The molecule has 0 amide bonds. The van der Waals surface area contributed by atoms with Crippen LogP contribution >= 0.6 is 8.38 Å². The van der Waals surface area contributed by atoms with Crippen molar-refractivity contribution >= 4 is 8.38 Å². The maximum atomic E-state index is 10.1. The monoisotopic (exact) mass is 343 g/mol. The second kappa shape index (κ2) is 8.73. The van der Waals surface area contributed by atoms with Crippen molar-refractivity contribution in [2.45, 2.75) is 43.9 Å². The molecule has 3 nitrogen and oxygen atoms in total. The molecule has 0 spiro atoms. The summed E-state index contributed by atoms with van der Waals surface area (Å²) in [4.78, 5) is 20.1. The van der Waals surface area contributed by atoms with Gasteiger partial charge in [-0.05, 0) is 29.9 Å². The first-order valence-corrected chi connectivity index (χ1v) is 10.1. The Morgan fingerprint density at radius 1 is 0.792 bits per heavy atom. The fourth-order valence-corrected chi connectivity index (χ4v) is 4.65. The molecule has 1 fully saturated rings. The third kappa shape index (κ3) is 4.43. The van der Waals surface area contributed by atoms with Crippen LogP contribution in [0.15, 0.2) is 60.7 Å². The van der Waals surface area contributed by atoms with Gasteiger partial charge in [-0.15, -0.1) is 0 Å². The van der Waals surface area contributed by atoms with Gasteiger partial charge in [-0.2, -0.15) is 0 Å². The zero-order valence-corrected chi connectivity index (χ0v) is 14.8. The van der Waals surface area contributed by atoms with E-state index in [1.54, 1.807) is 0 Å². The summed E-state index contributed by atoms with van der Waals surface area (Å²) in [5, 5.41) is 3.58. The molecule has 0 bridgehead atoms. The van der Waals surface area contributed by atoms with Gasteiger partial charge < -0.3 is 9.79 Å². The lowest BCUT2D eigenvalue weighted by Crippen LogP contribution is -2.38. The standard InChI is InChI=1S/C20H26NO2P/c22-24(23)20(18-14-8-3-9-15-18)21-19(16-10-4-1-5-11-16)17-12-6-2-7-13-17/h1-2,4-7,10-13,18-23H,3,8-9,14-15H2. The Bertz CT molecular complexity index is 560. The van der Waals surface area contributed by atoms with Gasteiger partial charge in [-0.25, -0.2) is 0 Å². The third-order valence-corrected chi connectivity index (χ3v) is 6.02. The van der Waals surface area contributed by atoms with Crippen LogP contribution in [-0.2, 0) is 0 Å². The first kappa shape index (κ1) is 17.6. The molecule has 2 aromatic carbocycles. The van der Waals surface area contributed by atoms with E-state index in [1.165, 1.54) is 19.3 Å². The van der Waals surface area contributed by atoms with Crippen molar-refractivity contribution in [3.8, 4) is 0 Å². The van der Waals surface area contributed by atoms with Gasteiger partial charge in [0.2, 0.25) is 0 Å². The highest BCUT2D eigenvalue weighted by molar-refractivity contribution is 7.45. The van der Waals surface area contributed by atoms with E-state index in [0.717, 1.165) is 24.0 Å². The van der Waals surface area contributed by atoms with E-state index < -0.39 is 8.38 Å². The smallest absolute Gasteiger partial charge is 0.183 e. The molecule has 0 radical (unpaired) electrons. The molecule has 0 aliphatic heterocycles. The Morgan fingerprint density at radius 3 is 1.75 bits per heavy atom. The highest BCUT2D eigenvalue weighted by Gasteiger charge is 2.31. The molecule has 3 rings (SSSR count). The van der Waals surface area contributed by atoms with Crippen molar-refractivity contribution in [3.63, 3.8) is 0 Å². The molecular formula is C20H26NO2P. The molecule has 3 N–H and O–H groups in total. The summed E-state index contributed by atoms with van der Waals surface area (Å²) in [6.07, 6.45) is 5.79. The van der Waals surface area contributed by atoms with Crippen LogP contribution < -0.4 is 5.32 Å². The van der Waals surface area contributed by atoms with Crippen LogP contribution in [0.3, 0.4) is 0 Å². The van der Waals surface area contributed by atoms with Crippen molar-refractivity contribution in [1.82, 2.24) is 5.32 Å². The first-order chi connectivity index (χ1) is 11.8. The third-order valence-electron chi connectivity index (χ3n) is 4.95. The van der Waals surface area contributed by atoms with Gasteiger partial charge in [-0.1, -0.05) is 79.9 Å². The molecule has 1 atom stereocenters. The second-order valence-electron chi connectivity index (χ2n) is 6.58. The quantitative estimate of drug-likeness (QED) is 0.674. The molecule has 24 heavy (non-hydrogen) atoms. The van der Waals surface area contributed by atoms with E-state index in [4.69, 9.17) is 0 Å². The van der Waals surface area contributed by atoms with E-state index in [9.17, 15) is 9.79 Å². The van der Waals surface area contributed by atoms with Gasteiger partial charge in [0.1, 0.15) is 0 Å². The lowest BCUT2D eigenvalue weighted by Gasteiger charge is -2.34. The number of nitrogens with one attached hydrogen (secondary N) is 1. The molecule has 2 aromatic rings. The first-order valence-electron chi connectivity index (χ1n) is 8.78. The molecule has 4 heteroatoms. The Morgan fingerprint density at radius 2 is 1.29 bits per heavy atom. The minimum atomic E-state index is -2.01. The summed E-state index contributed by atoms with van der Waals surface area (Å²) in [6, 6.07) is 20.5. The maximum Gasteiger partial charge on any atom is 0.183 e. The molecule has 0 heterocycles. The van der Waals surface area contributed by atoms with Gasteiger partial charge in [0.05, 0.1) is 11.8 Å². The minimum absolute atomic E-state index is 0.0244. The predicted octanol–water partition coefficient (Wildman–Crippen LogP) is 4.57. The summed E-state index contributed by atoms with van der Waals surface area (Å²) in [5.74, 6) is 0.0977. The number of benzene rings is 2. The normalized spacial score (nSPS) is 17.3. The lowest BCUT2D eigenvalue weighted by molar-refractivity contribution is 0.289. The van der Waals surface area contributed by atoms with Crippen LogP contribution in [0, 0.1) is 5.92 Å². The summed E-state index contributed by atoms with van der Waals surface area (Å²) >= 11 is 0. The Balaban J connectivity index is 1.87. The second-order valence-corrected chi connectivity index (χ2v) is 7.78. The zero-order chi connectivity index (χ0) is 16.8. The molecule has 1 saturated carbocycles. The Labute approximate surface area is 145 Å². The summed E-state index contributed by atoms with van der Waals surface area (Å²) in [7, 11) is -2.01. The van der Waals surface area contributed by atoms with Crippen molar-refractivity contribution in [1.29, 1.82) is 0 Å². The fourth-order valence-electron chi connectivity index (χ4n) is 3.69. The largest absolute Gasteiger partial charge is 0.349 e. The highest BCUT2D eigenvalue weighted by atomic mass is 31.2. The predicted molar refractivity (Wildman–Crippen MR) is 99.6 cm³/mol. The molecule has 1 unspecified atom stereocenters. The Kier molecular flexibility index (Phi) is 6.39. The SMILES string of the molecule is OP(O)C(NC(c1ccccc1)c1ccccc1)C1CCCCC1. The van der Waals surface area contributed by atoms with Gasteiger partial charge in [0.25, 0.3) is 0 Å². The molecule has 1 aliphatic rings. The average Bonchev–Trinajstić information content (AvgIpc) is 2.64. The minimum Gasteiger partial charge on any atom is -0.349 e. The Hall–Kier alpha value is -1.25. The van der Waals surface area contributed by atoms with Crippen LogP contribution in [0.1, 0.15) is 49.3 Å². The summed E-state index contributed by atoms with van der Waals surface area (Å²) in [6.45, 7) is 0. The molecule has 1 aliphatic carbocycles. The van der Waals surface area contributed by atoms with Crippen LogP contribution in [-0.4, -0.2) is 15.6 Å². The summed E-state index contributed by atoms with van der Waals surface area (Å²) in [5.41, 5.74) is 2.31. The van der Waals surface area contributed by atoms with E-state index >= 15 is 0 Å². The van der Waals surface area contributed by atoms with Crippen LogP contribution in [0.25, 0.3) is 0 Å². The number of rotatable bonds is 6. The number of hydrogen-bond donors (Lipinski definition) is 3. The van der Waals surface area contributed by atoms with Gasteiger partial charge in [0.15, 0.2) is 8.38 Å². The van der Waals surface area contributed by atoms with Crippen LogP contribution in [0.5, 0.6) is 0 Å². The van der Waals surface area contributed by atoms with Gasteiger partial charge in [-0.3, -0.25) is 5.32 Å².